The molecule has 3 aromatic rings. The fourth-order valence-corrected chi connectivity index (χ4v) is 2.49. The number of fused-ring (bicyclic) bond motifs is 1. The van der Waals surface area contributed by atoms with Crippen LogP contribution >= 0.6 is 11.3 Å². The van der Waals surface area contributed by atoms with Crippen LogP contribution in [0, 0.1) is 0 Å². The van der Waals surface area contributed by atoms with Gasteiger partial charge in [-0.15, -0.1) is 0 Å². The lowest BCUT2D eigenvalue weighted by molar-refractivity contribution is -0.137. The van der Waals surface area contributed by atoms with Gasteiger partial charge >= 0.3 is 6.18 Å². The van der Waals surface area contributed by atoms with E-state index in [0.717, 1.165) is 16.6 Å². The molecule has 0 radical (unpaired) electrons. The molecule has 0 aliphatic heterocycles. The first-order valence-electron chi connectivity index (χ1n) is 6.12. The van der Waals surface area contributed by atoms with E-state index in [1.54, 1.807) is 6.07 Å². The Morgan fingerprint density at radius 1 is 1.18 bits per heavy atom. The summed E-state index contributed by atoms with van der Waals surface area (Å²) in [6.45, 7) is 0. The van der Waals surface area contributed by atoms with Gasteiger partial charge in [-0.05, 0) is 23.8 Å². The molecule has 4 nitrogen and oxygen atoms in total. The molecule has 0 bridgehead atoms. The minimum absolute atomic E-state index is 0.338. The molecule has 112 valence electrons. The Labute approximate surface area is 126 Å². The van der Waals surface area contributed by atoms with Crippen molar-refractivity contribution in [3.63, 3.8) is 0 Å². The molecule has 2 aromatic heterocycles. The smallest absolute Gasteiger partial charge is 0.267 e. The van der Waals surface area contributed by atoms with Crippen molar-refractivity contribution < 1.29 is 13.2 Å². The van der Waals surface area contributed by atoms with E-state index in [2.05, 4.69) is 10.1 Å². The van der Waals surface area contributed by atoms with Crippen LogP contribution in [0.2, 0.25) is 0 Å². The second-order valence-corrected chi connectivity index (χ2v) is 5.22. The topological polar surface area (TPSA) is 47.3 Å². The fraction of sp³-hybridized carbons (Fsp3) is 0.0714. The van der Waals surface area contributed by atoms with Crippen molar-refractivity contribution in [2.24, 2.45) is 0 Å². The lowest BCUT2D eigenvalue weighted by Gasteiger charge is -2.06. The van der Waals surface area contributed by atoms with Crippen LogP contribution in [0.5, 0.6) is 0 Å². The first kappa shape index (κ1) is 14.5. The molecule has 0 saturated carbocycles. The highest BCUT2D eigenvalue weighted by Gasteiger charge is 2.30. The van der Waals surface area contributed by atoms with E-state index in [4.69, 9.17) is 0 Å². The molecule has 0 amide bonds. The van der Waals surface area contributed by atoms with Gasteiger partial charge in [-0.25, -0.2) is 4.98 Å². The van der Waals surface area contributed by atoms with E-state index in [9.17, 15) is 18.0 Å². The standard InChI is InChI=1S/C14H8F3N3OS/c15-14(16,17)10-3-1-2-9(6-10)4-5-11-7-12(21)20-13(19-11)22-8-18-20/h1-8H. The molecular formula is C14H8F3N3OS. The second kappa shape index (κ2) is 5.38. The molecule has 0 aliphatic rings. The zero-order valence-corrected chi connectivity index (χ0v) is 11.7. The monoisotopic (exact) mass is 323 g/mol. The van der Waals surface area contributed by atoms with Gasteiger partial charge in [0.1, 0.15) is 5.51 Å². The van der Waals surface area contributed by atoms with Crippen molar-refractivity contribution >= 4 is 28.4 Å². The summed E-state index contributed by atoms with van der Waals surface area (Å²) in [5.74, 6) is 0. The third-order valence-corrected chi connectivity index (χ3v) is 3.54. The molecule has 0 atom stereocenters. The van der Waals surface area contributed by atoms with Crippen molar-refractivity contribution in [3.8, 4) is 0 Å². The molecule has 1 aromatic carbocycles. The molecule has 8 heteroatoms. The molecule has 0 fully saturated rings. The van der Waals surface area contributed by atoms with Crippen molar-refractivity contribution in [2.75, 3.05) is 0 Å². The zero-order chi connectivity index (χ0) is 15.7. The lowest BCUT2D eigenvalue weighted by atomic mass is 10.1. The first-order chi connectivity index (χ1) is 10.4. The molecule has 2 heterocycles. The lowest BCUT2D eigenvalue weighted by Crippen LogP contribution is -2.13. The molecule has 0 unspecified atom stereocenters. The number of hydrogen-bond acceptors (Lipinski definition) is 4. The van der Waals surface area contributed by atoms with Crippen LogP contribution in [0.25, 0.3) is 17.1 Å². The number of hydrogen-bond donors (Lipinski definition) is 0. The number of alkyl halides is 3. The van der Waals surface area contributed by atoms with Crippen LogP contribution in [0.3, 0.4) is 0 Å². The fourth-order valence-electron chi connectivity index (χ4n) is 1.86. The summed E-state index contributed by atoms with van der Waals surface area (Å²) in [4.78, 5) is 16.4. The van der Waals surface area contributed by atoms with Crippen molar-refractivity contribution in [3.05, 3.63) is 63.0 Å². The quantitative estimate of drug-likeness (QED) is 0.727. The van der Waals surface area contributed by atoms with Gasteiger partial charge in [-0.3, -0.25) is 4.79 Å². The summed E-state index contributed by atoms with van der Waals surface area (Å²) in [7, 11) is 0. The number of halogens is 3. The highest BCUT2D eigenvalue weighted by atomic mass is 32.1. The van der Waals surface area contributed by atoms with E-state index in [1.807, 2.05) is 0 Å². The van der Waals surface area contributed by atoms with Gasteiger partial charge in [-0.1, -0.05) is 29.5 Å². The predicted octanol–water partition coefficient (Wildman–Crippen LogP) is 3.34. The van der Waals surface area contributed by atoms with Gasteiger partial charge in [0.2, 0.25) is 4.96 Å². The predicted molar refractivity (Wildman–Crippen MR) is 77.5 cm³/mol. The molecule has 0 aliphatic carbocycles. The van der Waals surface area contributed by atoms with Gasteiger partial charge in [0.15, 0.2) is 0 Å². The maximum absolute atomic E-state index is 12.6. The van der Waals surface area contributed by atoms with Crippen molar-refractivity contribution in [1.82, 2.24) is 14.6 Å². The summed E-state index contributed by atoms with van der Waals surface area (Å²) >= 11 is 1.20. The normalized spacial score (nSPS) is 12.3. The maximum Gasteiger partial charge on any atom is 0.416 e. The van der Waals surface area contributed by atoms with Crippen LogP contribution in [0.4, 0.5) is 13.2 Å². The van der Waals surface area contributed by atoms with Crippen LogP contribution < -0.4 is 5.56 Å². The minimum atomic E-state index is -4.39. The van der Waals surface area contributed by atoms with Crippen LogP contribution in [-0.4, -0.2) is 14.6 Å². The highest BCUT2D eigenvalue weighted by molar-refractivity contribution is 7.14. The summed E-state index contributed by atoms with van der Waals surface area (Å²) < 4.78 is 39.1. The molecule has 3 rings (SSSR count). The van der Waals surface area contributed by atoms with E-state index in [-0.39, 0.29) is 5.56 Å². The second-order valence-electron chi connectivity index (χ2n) is 4.41. The minimum Gasteiger partial charge on any atom is -0.267 e. The molecule has 0 spiro atoms. The Morgan fingerprint density at radius 3 is 2.77 bits per heavy atom. The SMILES string of the molecule is O=c1cc(C=Cc2cccc(C(F)(F)F)c2)nc2scnn12. The van der Waals surface area contributed by atoms with Gasteiger partial charge in [-0.2, -0.15) is 22.8 Å². The largest absolute Gasteiger partial charge is 0.416 e. The summed E-state index contributed by atoms with van der Waals surface area (Å²) in [5, 5.41) is 3.83. The van der Waals surface area contributed by atoms with E-state index >= 15 is 0 Å². The van der Waals surface area contributed by atoms with E-state index in [1.165, 1.54) is 41.1 Å². The number of rotatable bonds is 2. The Bertz CT molecular complexity index is 911. The maximum atomic E-state index is 12.6. The summed E-state index contributed by atoms with van der Waals surface area (Å²) in [5.41, 5.74) is 1.17. The Kier molecular flexibility index (Phi) is 3.53. The van der Waals surface area contributed by atoms with Crippen LogP contribution in [0.15, 0.2) is 40.6 Å². The number of nitrogens with zero attached hydrogens (tertiary/aromatic N) is 3. The Balaban J connectivity index is 1.94. The highest BCUT2D eigenvalue weighted by Crippen LogP contribution is 2.29. The summed E-state index contributed by atoms with van der Waals surface area (Å²) in [6, 6.07) is 6.19. The number of benzene rings is 1. The summed E-state index contributed by atoms with van der Waals surface area (Å²) in [6.07, 6.45) is -1.41. The third-order valence-electron chi connectivity index (χ3n) is 2.87. The van der Waals surface area contributed by atoms with Gasteiger partial charge in [0, 0.05) is 6.07 Å². The molecule has 0 saturated heterocycles. The van der Waals surface area contributed by atoms with Gasteiger partial charge in [0.05, 0.1) is 11.3 Å². The van der Waals surface area contributed by atoms with E-state index in [0.29, 0.717) is 16.2 Å². The van der Waals surface area contributed by atoms with Crippen molar-refractivity contribution in [2.45, 2.75) is 6.18 Å². The van der Waals surface area contributed by atoms with Gasteiger partial charge in [0.25, 0.3) is 5.56 Å². The third kappa shape index (κ3) is 2.91. The van der Waals surface area contributed by atoms with Crippen LogP contribution in [0.1, 0.15) is 16.8 Å². The van der Waals surface area contributed by atoms with Crippen molar-refractivity contribution in [1.29, 1.82) is 0 Å². The van der Waals surface area contributed by atoms with Crippen LogP contribution in [-0.2, 0) is 6.18 Å². The molecule has 22 heavy (non-hydrogen) atoms. The molecular weight excluding hydrogens is 315 g/mol. The van der Waals surface area contributed by atoms with Gasteiger partial charge < -0.3 is 0 Å². The molecule has 0 N–H and O–H groups in total. The number of aromatic nitrogens is 3. The van der Waals surface area contributed by atoms with E-state index < -0.39 is 11.7 Å². The average molecular weight is 323 g/mol. The Morgan fingerprint density at radius 2 is 2.00 bits per heavy atom. The Hall–Kier alpha value is -2.48. The zero-order valence-electron chi connectivity index (χ0n) is 10.9. The first-order valence-corrected chi connectivity index (χ1v) is 7.00. The average Bonchev–Trinajstić information content (AvgIpc) is 2.93.